The molecule has 0 amide bonds. The van der Waals surface area contributed by atoms with Gasteiger partial charge in [-0.05, 0) is 38.1 Å². The highest BCUT2D eigenvalue weighted by molar-refractivity contribution is 6.04. The molecule has 1 atom stereocenters. The minimum atomic E-state index is -0.980. The summed E-state index contributed by atoms with van der Waals surface area (Å²) in [5.41, 5.74) is 0.707. The Hall–Kier alpha value is -2.37. The molecule has 5 heteroatoms. The van der Waals surface area contributed by atoms with Crippen molar-refractivity contribution in [2.75, 3.05) is 0 Å². The summed E-state index contributed by atoms with van der Waals surface area (Å²) in [6.45, 7) is 3.56. The van der Waals surface area contributed by atoms with Gasteiger partial charge in [-0.25, -0.2) is 0 Å². The number of hydrogen-bond acceptors (Lipinski definition) is 4. The molecule has 22 heavy (non-hydrogen) atoms. The standard InChI is InChI=1S/C17H18N2O3/c1-17(2)15(12-8-4-3-5-9-12)18(21)16(19(17)22)13-10-6-7-11-14(13)20/h3-11,16,20,22H,1-2H3. The Bertz CT molecular complexity index is 726. The van der Waals surface area contributed by atoms with E-state index in [1.807, 2.05) is 30.3 Å². The minimum Gasteiger partial charge on any atom is -0.622 e. The van der Waals surface area contributed by atoms with Gasteiger partial charge in [0.05, 0.1) is 5.56 Å². The fourth-order valence-electron chi connectivity index (χ4n) is 2.95. The van der Waals surface area contributed by atoms with E-state index in [-0.39, 0.29) is 5.75 Å². The van der Waals surface area contributed by atoms with Gasteiger partial charge in [0.2, 0.25) is 5.71 Å². The van der Waals surface area contributed by atoms with Crippen LogP contribution in [0.5, 0.6) is 5.75 Å². The van der Waals surface area contributed by atoms with Gasteiger partial charge in [-0.1, -0.05) is 30.3 Å². The Morgan fingerprint density at radius 1 is 1.05 bits per heavy atom. The van der Waals surface area contributed by atoms with Gasteiger partial charge >= 0.3 is 0 Å². The fourth-order valence-corrected chi connectivity index (χ4v) is 2.95. The van der Waals surface area contributed by atoms with E-state index in [0.717, 1.165) is 15.4 Å². The largest absolute Gasteiger partial charge is 0.622 e. The molecule has 0 saturated carbocycles. The number of phenolic OH excluding ortho intramolecular Hbond substituents is 1. The zero-order chi connectivity index (χ0) is 15.9. The van der Waals surface area contributed by atoms with E-state index in [4.69, 9.17) is 0 Å². The lowest BCUT2D eigenvalue weighted by molar-refractivity contribution is -0.544. The molecule has 0 spiro atoms. The second-order valence-electron chi connectivity index (χ2n) is 5.88. The smallest absolute Gasteiger partial charge is 0.271 e. The van der Waals surface area contributed by atoms with Crippen molar-refractivity contribution in [1.82, 2.24) is 5.06 Å². The molecular weight excluding hydrogens is 280 g/mol. The van der Waals surface area contributed by atoms with Crippen LogP contribution in [0.15, 0.2) is 54.6 Å². The number of hydrogen-bond donors (Lipinski definition) is 2. The van der Waals surface area contributed by atoms with Gasteiger partial charge in [-0.3, -0.25) is 0 Å². The Balaban J connectivity index is 2.18. The second kappa shape index (κ2) is 5.12. The van der Waals surface area contributed by atoms with Crippen LogP contribution in [-0.4, -0.2) is 31.4 Å². The van der Waals surface area contributed by atoms with Crippen LogP contribution < -0.4 is 0 Å². The number of para-hydroxylation sites is 1. The van der Waals surface area contributed by atoms with Gasteiger partial charge in [0.15, 0.2) is 0 Å². The maximum absolute atomic E-state index is 12.9. The third kappa shape index (κ3) is 2.06. The maximum Gasteiger partial charge on any atom is 0.271 e. The normalized spacial score (nSPS) is 21.3. The predicted octanol–water partition coefficient (Wildman–Crippen LogP) is 2.87. The number of nitrogens with zero attached hydrogens (tertiary/aromatic N) is 2. The molecule has 1 heterocycles. The fraction of sp³-hybridized carbons (Fsp3) is 0.235. The molecule has 0 aromatic heterocycles. The lowest BCUT2D eigenvalue weighted by Gasteiger charge is -2.25. The number of hydroxylamine groups is 3. The van der Waals surface area contributed by atoms with Crippen LogP contribution in [0, 0.1) is 5.21 Å². The first-order chi connectivity index (χ1) is 10.4. The Morgan fingerprint density at radius 3 is 2.27 bits per heavy atom. The molecule has 0 fully saturated rings. The molecule has 5 nitrogen and oxygen atoms in total. The quantitative estimate of drug-likeness (QED) is 0.660. The van der Waals surface area contributed by atoms with Gasteiger partial charge < -0.3 is 15.5 Å². The van der Waals surface area contributed by atoms with E-state index in [1.54, 1.807) is 32.0 Å². The SMILES string of the molecule is CC1(C)C(c2ccccc2)=[N+]([O-])C(c2ccccc2O)N1O. The molecule has 1 unspecified atom stereocenters. The van der Waals surface area contributed by atoms with E-state index >= 15 is 0 Å². The van der Waals surface area contributed by atoms with Gasteiger partial charge in [0.1, 0.15) is 11.3 Å². The molecule has 114 valence electrons. The van der Waals surface area contributed by atoms with Crippen molar-refractivity contribution in [2.24, 2.45) is 0 Å². The first kappa shape index (κ1) is 14.6. The molecule has 0 bridgehead atoms. The van der Waals surface area contributed by atoms with Crippen molar-refractivity contribution in [1.29, 1.82) is 0 Å². The summed E-state index contributed by atoms with van der Waals surface area (Å²) in [4.78, 5) is 0. The molecule has 3 rings (SSSR count). The summed E-state index contributed by atoms with van der Waals surface area (Å²) in [5.74, 6) is -0.0162. The summed E-state index contributed by atoms with van der Waals surface area (Å²) < 4.78 is 0.768. The van der Waals surface area contributed by atoms with Gasteiger partial charge in [0.25, 0.3) is 6.17 Å². The lowest BCUT2D eigenvalue weighted by Crippen LogP contribution is -2.44. The summed E-state index contributed by atoms with van der Waals surface area (Å²) in [5, 5.41) is 34.4. The first-order valence-electron chi connectivity index (χ1n) is 7.10. The average Bonchev–Trinajstić information content (AvgIpc) is 2.67. The van der Waals surface area contributed by atoms with E-state index < -0.39 is 11.7 Å². The Morgan fingerprint density at radius 2 is 1.64 bits per heavy atom. The van der Waals surface area contributed by atoms with Gasteiger partial charge in [-0.15, -0.1) is 5.06 Å². The summed E-state index contributed by atoms with van der Waals surface area (Å²) in [6.07, 6.45) is -0.980. The summed E-state index contributed by atoms with van der Waals surface area (Å²) in [6, 6.07) is 15.8. The maximum atomic E-state index is 12.9. The van der Waals surface area contributed by atoms with Crippen molar-refractivity contribution in [2.45, 2.75) is 25.6 Å². The van der Waals surface area contributed by atoms with Gasteiger partial charge in [0, 0.05) is 5.56 Å². The first-order valence-corrected chi connectivity index (χ1v) is 7.10. The summed E-state index contributed by atoms with van der Waals surface area (Å²) >= 11 is 0. The zero-order valence-corrected chi connectivity index (χ0v) is 12.5. The number of benzene rings is 2. The van der Waals surface area contributed by atoms with Crippen molar-refractivity contribution < 1.29 is 15.1 Å². The van der Waals surface area contributed by atoms with Crippen molar-refractivity contribution in [3.8, 4) is 5.75 Å². The van der Waals surface area contributed by atoms with Crippen LogP contribution in [0.1, 0.15) is 31.1 Å². The molecular formula is C17H18N2O3. The highest BCUT2D eigenvalue weighted by Gasteiger charge is 2.53. The molecule has 1 aliphatic rings. The number of aromatic hydroxyl groups is 1. The van der Waals surface area contributed by atoms with E-state index in [1.165, 1.54) is 6.07 Å². The predicted molar refractivity (Wildman–Crippen MR) is 82.7 cm³/mol. The van der Waals surface area contributed by atoms with Crippen molar-refractivity contribution in [3.63, 3.8) is 0 Å². The van der Waals surface area contributed by atoms with Gasteiger partial charge in [-0.2, -0.15) is 4.74 Å². The van der Waals surface area contributed by atoms with E-state index in [0.29, 0.717) is 11.3 Å². The van der Waals surface area contributed by atoms with Crippen LogP contribution >= 0.6 is 0 Å². The van der Waals surface area contributed by atoms with Crippen LogP contribution in [0.4, 0.5) is 0 Å². The highest BCUT2D eigenvalue weighted by Crippen LogP contribution is 2.39. The molecule has 2 N–H and O–H groups in total. The van der Waals surface area contributed by atoms with Crippen molar-refractivity contribution in [3.05, 3.63) is 70.9 Å². The third-order valence-corrected chi connectivity index (χ3v) is 4.09. The zero-order valence-electron chi connectivity index (χ0n) is 12.5. The molecule has 2 aromatic carbocycles. The monoisotopic (exact) mass is 298 g/mol. The van der Waals surface area contributed by atoms with Crippen LogP contribution in [-0.2, 0) is 0 Å². The summed E-state index contributed by atoms with van der Waals surface area (Å²) in [7, 11) is 0. The minimum absolute atomic E-state index is 0.0162. The van der Waals surface area contributed by atoms with E-state index in [2.05, 4.69) is 0 Å². The third-order valence-electron chi connectivity index (χ3n) is 4.09. The molecule has 1 aliphatic heterocycles. The Kier molecular flexibility index (Phi) is 3.39. The highest BCUT2D eigenvalue weighted by atomic mass is 16.5. The Labute approximate surface area is 128 Å². The van der Waals surface area contributed by atoms with Crippen LogP contribution in [0.25, 0.3) is 0 Å². The lowest BCUT2D eigenvalue weighted by atomic mass is 9.93. The topological polar surface area (TPSA) is 69.8 Å². The molecule has 0 saturated heterocycles. The van der Waals surface area contributed by atoms with Crippen LogP contribution in [0.3, 0.4) is 0 Å². The average molecular weight is 298 g/mol. The second-order valence-corrected chi connectivity index (χ2v) is 5.88. The van der Waals surface area contributed by atoms with Crippen molar-refractivity contribution >= 4 is 5.71 Å². The van der Waals surface area contributed by atoms with E-state index in [9.17, 15) is 15.5 Å². The number of phenols is 1. The molecule has 2 aromatic rings. The molecule has 0 aliphatic carbocycles. The number of rotatable bonds is 2. The van der Waals surface area contributed by atoms with Crippen LogP contribution in [0.2, 0.25) is 0 Å². The molecule has 0 radical (unpaired) electrons.